The summed E-state index contributed by atoms with van der Waals surface area (Å²) in [5.41, 5.74) is 4.50. The molecule has 1 aromatic carbocycles. The summed E-state index contributed by atoms with van der Waals surface area (Å²) in [6, 6.07) is 8.86. The lowest BCUT2D eigenvalue weighted by atomic mass is 9.95. The van der Waals surface area contributed by atoms with Crippen molar-refractivity contribution in [1.29, 1.82) is 0 Å². The van der Waals surface area contributed by atoms with E-state index in [0.717, 1.165) is 16.4 Å². The maximum absolute atomic E-state index is 12.6. The summed E-state index contributed by atoms with van der Waals surface area (Å²) in [6.07, 6.45) is 0.564. The molecule has 2 atom stereocenters. The van der Waals surface area contributed by atoms with Crippen molar-refractivity contribution in [1.82, 2.24) is 21.2 Å². The normalized spacial score (nSPS) is 12.5. The third-order valence-corrected chi connectivity index (χ3v) is 7.25. The van der Waals surface area contributed by atoms with Crippen LogP contribution >= 0.6 is 21.6 Å². The number of phenols is 1. The van der Waals surface area contributed by atoms with Crippen LogP contribution in [0.15, 0.2) is 47.6 Å². The molecule has 0 radical (unpaired) electrons. The number of rotatable bonds is 12. The van der Waals surface area contributed by atoms with Gasteiger partial charge in [-0.05, 0) is 68.2 Å². The van der Waals surface area contributed by atoms with Gasteiger partial charge >= 0.3 is 17.9 Å². The van der Waals surface area contributed by atoms with Crippen LogP contribution in [0, 0.1) is 16.0 Å². The minimum absolute atomic E-state index is 0.00985. The first-order valence-electron chi connectivity index (χ1n) is 12.2. The highest BCUT2D eigenvalue weighted by Crippen LogP contribution is 2.35. The number of hydrogen-bond donors (Lipinski definition) is 4. The van der Waals surface area contributed by atoms with Crippen molar-refractivity contribution in [2.75, 3.05) is 12.4 Å². The van der Waals surface area contributed by atoms with E-state index in [9.17, 15) is 29.6 Å². The predicted molar refractivity (Wildman–Crippen MR) is 151 cm³/mol. The van der Waals surface area contributed by atoms with Gasteiger partial charge in [0.05, 0.1) is 4.92 Å². The SMILES string of the molecule is C[C@@H](C[C@H](Cc1ccc(O)cc1)NC(=O)OC(C)(C)C)C(=O)NNC(=O)OCCSSc1ncccc1[N+](=O)[O-]. The molecule has 13 nitrogen and oxygen atoms in total. The second kappa shape index (κ2) is 15.8. The Morgan fingerprint density at radius 3 is 2.48 bits per heavy atom. The van der Waals surface area contributed by atoms with Gasteiger partial charge in [-0.2, -0.15) is 0 Å². The van der Waals surface area contributed by atoms with E-state index in [4.69, 9.17) is 9.47 Å². The number of carbonyl (C=O) groups is 3. The summed E-state index contributed by atoms with van der Waals surface area (Å²) < 4.78 is 10.4. The number of amides is 3. The molecular formula is C25H33N5O8S2. The number of hydrazine groups is 1. The molecule has 0 saturated heterocycles. The summed E-state index contributed by atoms with van der Waals surface area (Å²) >= 11 is 0. The first-order chi connectivity index (χ1) is 18.8. The van der Waals surface area contributed by atoms with Gasteiger partial charge in [0.2, 0.25) is 5.91 Å². The van der Waals surface area contributed by atoms with Gasteiger partial charge in [-0.15, -0.1) is 0 Å². The lowest BCUT2D eigenvalue weighted by molar-refractivity contribution is -0.388. The van der Waals surface area contributed by atoms with Crippen molar-refractivity contribution in [2.45, 2.75) is 57.2 Å². The second-order valence-electron chi connectivity index (χ2n) is 9.59. The van der Waals surface area contributed by atoms with Crippen molar-refractivity contribution in [3.8, 4) is 5.75 Å². The number of nitrogens with one attached hydrogen (secondary N) is 3. The molecule has 0 bridgehead atoms. The fraction of sp³-hybridized carbons (Fsp3) is 0.440. The first kappa shape index (κ1) is 32.5. The van der Waals surface area contributed by atoms with E-state index in [-0.39, 0.29) is 29.5 Å². The molecule has 4 N–H and O–H groups in total. The highest BCUT2D eigenvalue weighted by molar-refractivity contribution is 8.76. The predicted octanol–water partition coefficient (Wildman–Crippen LogP) is 4.36. The van der Waals surface area contributed by atoms with Crippen molar-refractivity contribution in [2.24, 2.45) is 5.92 Å². The average Bonchev–Trinajstić information content (AvgIpc) is 2.87. The Balaban J connectivity index is 1.79. The lowest BCUT2D eigenvalue weighted by Gasteiger charge is -2.25. The zero-order valence-electron chi connectivity index (χ0n) is 22.5. The van der Waals surface area contributed by atoms with E-state index in [1.54, 1.807) is 39.8 Å². The van der Waals surface area contributed by atoms with Crippen molar-refractivity contribution in [3.63, 3.8) is 0 Å². The smallest absolute Gasteiger partial charge is 0.426 e. The molecule has 0 aliphatic heterocycles. The molecule has 0 unspecified atom stereocenters. The summed E-state index contributed by atoms with van der Waals surface area (Å²) in [5.74, 6) is -0.670. The number of aromatic hydroxyl groups is 1. The molecule has 0 saturated carbocycles. The number of hydrogen-bond acceptors (Lipinski definition) is 11. The minimum Gasteiger partial charge on any atom is -0.508 e. The topological polar surface area (TPSA) is 182 Å². The van der Waals surface area contributed by atoms with Crippen molar-refractivity contribution < 1.29 is 33.9 Å². The maximum Gasteiger partial charge on any atom is 0.426 e. The largest absolute Gasteiger partial charge is 0.508 e. The molecule has 15 heteroatoms. The van der Waals surface area contributed by atoms with E-state index >= 15 is 0 Å². The van der Waals surface area contributed by atoms with Crippen LogP contribution in [0.4, 0.5) is 15.3 Å². The summed E-state index contributed by atoms with van der Waals surface area (Å²) in [7, 11) is 2.32. The number of ether oxygens (including phenoxy) is 2. The number of aromatic nitrogens is 1. The third kappa shape index (κ3) is 12.4. The van der Waals surface area contributed by atoms with Crippen LogP contribution in [0.25, 0.3) is 0 Å². The number of nitrogens with zero attached hydrogens (tertiary/aromatic N) is 2. The van der Waals surface area contributed by atoms with Gasteiger partial charge in [0.25, 0.3) is 0 Å². The zero-order valence-corrected chi connectivity index (χ0v) is 24.2. The number of pyridine rings is 1. The number of carbonyl (C=O) groups excluding carboxylic acids is 3. The standard InChI is InChI=1S/C25H33N5O8S2/c1-16(14-18(27-23(33)38-25(2,3)4)15-17-7-9-19(31)10-8-17)21(32)28-29-24(34)37-12-13-39-40-22-20(30(35)36)6-5-11-26-22/h5-11,16,18,31H,12-15H2,1-4H3,(H,27,33)(H,28,32)(H,29,34)/t16-,18+/m0/s1. The van der Waals surface area contributed by atoms with Crippen LogP contribution in [0.3, 0.4) is 0 Å². The molecule has 1 heterocycles. The lowest BCUT2D eigenvalue weighted by Crippen LogP contribution is -2.47. The summed E-state index contributed by atoms with van der Waals surface area (Å²) in [5, 5.41) is 23.6. The van der Waals surface area contributed by atoms with E-state index in [2.05, 4.69) is 21.2 Å². The molecule has 0 aliphatic carbocycles. The van der Waals surface area contributed by atoms with Crippen LogP contribution in [-0.2, 0) is 20.7 Å². The Kier molecular flexibility index (Phi) is 12.8. The van der Waals surface area contributed by atoms with Crippen molar-refractivity contribution in [3.05, 3.63) is 58.3 Å². The van der Waals surface area contributed by atoms with Crippen LogP contribution in [0.1, 0.15) is 39.7 Å². The molecule has 0 spiro atoms. The molecule has 0 fully saturated rings. The zero-order chi connectivity index (χ0) is 29.7. The van der Waals surface area contributed by atoms with Gasteiger partial charge in [0.15, 0.2) is 5.03 Å². The molecule has 1 aromatic heterocycles. The molecule has 40 heavy (non-hydrogen) atoms. The molecule has 218 valence electrons. The second-order valence-corrected chi connectivity index (χ2v) is 12.0. The Bertz CT molecular complexity index is 1160. The Labute approximate surface area is 239 Å². The van der Waals surface area contributed by atoms with Crippen LogP contribution in [-0.4, -0.2) is 57.1 Å². The summed E-state index contributed by atoms with van der Waals surface area (Å²) in [4.78, 5) is 51.4. The fourth-order valence-corrected chi connectivity index (χ4v) is 5.09. The number of benzene rings is 1. The molecule has 2 rings (SSSR count). The molecule has 3 amide bonds. The van der Waals surface area contributed by atoms with Gasteiger partial charge in [-0.1, -0.05) is 29.9 Å². The van der Waals surface area contributed by atoms with Crippen LogP contribution < -0.4 is 16.2 Å². The van der Waals surface area contributed by atoms with E-state index in [0.29, 0.717) is 12.2 Å². The maximum atomic E-state index is 12.6. The molecular weight excluding hydrogens is 562 g/mol. The Morgan fingerprint density at radius 2 is 1.82 bits per heavy atom. The van der Waals surface area contributed by atoms with Crippen LogP contribution in [0.5, 0.6) is 5.75 Å². The number of phenolic OH excluding ortho intramolecular Hbond substituents is 1. The monoisotopic (exact) mass is 595 g/mol. The van der Waals surface area contributed by atoms with Gasteiger partial charge in [-0.3, -0.25) is 20.3 Å². The van der Waals surface area contributed by atoms with E-state index < -0.39 is 40.6 Å². The van der Waals surface area contributed by atoms with Gasteiger partial charge in [-0.25, -0.2) is 20.0 Å². The van der Waals surface area contributed by atoms with E-state index in [1.807, 2.05) is 0 Å². The molecule has 2 aromatic rings. The third-order valence-electron chi connectivity index (χ3n) is 5.00. The first-order valence-corrected chi connectivity index (χ1v) is 14.5. The highest BCUT2D eigenvalue weighted by atomic mass is 33.1. The number of alkyl carbamates (subject to hydrolysis) is 1. The van der Waals surface area contributed by atoms with Crippen molar-refractivity contribution >= 4 is 45.4 Å². The minimum atomic E-state index is -0.873. The fourth-order valence-electron chi connectivity index (χ4n) is 3.24. The summed E-state index contributed by atoms with van der Waals surface area (Å²) in [6.45, 7) is 6.86. The van der Waals surface area contributed by atoms with E-state index in [1.165, 1.54) is 41.3 Å². The Hall–Kier alpha value is -3.72. The quantitative estimate of drug-likeness (QED) is 0.118. The molecule has 0 aliphatic rings. The highest BCUT2D eigenvalue weighted by Gasteiger charge is 2.24. The van der Waals surface area contributed by atoms with Gasteiger partial charge < -0.3 is 19.9 Å². The van der Waals surface area contributed by atoms with Gasteiger partial charge in [0.1, 0.15) is 18.0 Å². The number of nitro groups is 1. The average molecular weight is 596 g/mol. The Morgan fingerprint density at radius 1 is 1.12 bits per heavy atom. The van der Waals surface area contributed by atoms with Gasteiger partial charge in [0, 0.05) is 30.0 Å². The van der Waals surface area contributed by atoms with Crippen LogP contribution in [0.2, 0.25) is 0 Å².